The molecule has 0 aliphatic heterocycles. The first kappa shape index (κ1) is 34.5. The summed E-state index contributed by atoms with van der Waals surface area (Å²) in [7, 11) is 0. The van der Waals surface area contributed by atoms with E-state index in [0.29, 0.717) is 11.8 Å². The van der Waals surface area contributed by atoms with Gasteiger partial charge in [-0.15, -0.1) is 41.6 Å². The minimum atomic E-state index is -0.188. The summed E-state index contributed by atoms with van der Waals surface area (Å²) in [6.45, 7) is 11.1. The molecule has 0 aliphatic carbocycles. The number of aryl methyl sites for hydroxylation is 1. The van der Waals surface area contributed by atoms with E-state index in [0.717, 1.165) is 22.6 Å². The zero-order valence-corrected chi connectivity index (χ0v) is 26.3. The van der Waals surface area contributed by atoms with Crippen molar-refractivity contribution in [3.8, 4) is 11.3 Å². The number of hydrogen-bond acceptors (Lipinski definition) is 1. The topological polar surface area (TPSA) is 27.0 Å². The van der Waals surface area contributed by atoms with Gasteiger partial charge in [-0.25, -0.2) is 0 Å². The van der Waals surface area contributed by atoms with Crippen LogP contribution in [-0.4, -0.2) is 4.98 Å². The quantitative estimate of drug-likeness (QED) is 0.144. The Morgan fingerprint density at radius 1 is 0.703 bits per heavy atom. The van der Waals surface area contributed by atoms with Crippen LogP contribution in [0.1, 0.15) is 80.9 Å². The Hall–Kier alpha value is -2.52. The van der Waals surface area contributed by atoms with Gasteiger partial charge < -0.3 is 25.2 Å². The second kappa shape index (κ2) is 15.7. The molecule has 0 saturated carbocycles. The van der Waals surface area contributed by atoms with Crippen LogP contribution in [0.3, 0.4) is 0 Å². The van der Waals surface area contributed by atoms with Gasteiger partial charge in [-0.05, 0) is 42.1 Å². The molecule has 0 aliphatic rings. The minimum Gasteiger partial charge on any atom is -0.673 e. The molecule has 3 aromatic carbocycles. The van der Waals surface area contributed by atoms with Crippen molar-refractivity contribution in [2.24, 2.45) is 0 Å². The SMILES string of the molecule is C.Cc1ccccc1C([N-]c1c(C(C)C)cccc1C(C)C)c1cccc(-c2[c-]cccc2)n1.[CH3-].[CH3-].[Hf]. The van der Waals surface area contributed by atoms with Gasteiger partial charge in [-0.3, -0.25) is 0 Å². The van der Waals surface area contributed by atoms with Gasteiger partial charge in [0.2, 0.25) is 0 Å². The Bertz CT molecular complexity index is 1190. The molecule has 0 spiro atoms. The van der Waals surface area contributed by atoms with E-state index in [4.69, 9.17) is 10.3 Å². The number of rotatable bonds is 7. The van der Waals surface area contributed by atoms with Gasteiger partial charge in [-0.2, -0.15) is 0 Å². The molecule has 4 aromatic rings. The van der Waals surface area contributed by atoms with Crippen molar-refractivity contribution in [3.05, 3.63) is 139 Å². The van der Waals surface area contributed by atoms with Crippen LogP contribution in [0.5, 0.6) is 0 Å². The fourth-order valence-electron chi connectivity index (χ4n) is 4.28. The van der Waals surface area contributed by atoms with E-state index in [2.05, 4.69) is 101 Å². The summed E-state index contributed by atoms with van der Waals surface area (Å²) in [4.78, 5) is 5.08. The van der Waals surface area contributed by atoms with Gasteiger partial charge in [0.25, 0.3) is 0 Å². The smallest absolute Gasteiger partial charge is 0.0195 e. The second-order valence-corrected chi connectivity index (χ2v) is 9.21. The third-order valence-corrected chi connectivity index (χ3v) is 6.12. The van der Waals surface area contributed by atoms with Gasteiger partial charge in [0, 0.05) is 31.5 Å². The van der Waals surface area contributed by atoms with E-state index in [9.17, 15) is 0 Å². The average molecular weight is 657 g/mol. The molecule has 0 saturated heterocycles. The van der Waals surface area contributed by atoms with E-state index in [1.54, 1.807) is 0 Å². The van der Waals surface area contributed by atoms with E-state index in [1.165, 1.54) is 22.3 Å². The largest absolute Gasteiger partial charge is 0.673 e. The van der Waals surface area contributed by atoms with Crippen molar-refractivity contribution in [1.29, 1.82) is 0 Å². The Balaban J connectivity index is 0.00000324. The van der Waals surface area contributed by atoms with Gasteiger partial charge in [0.05, 0.1) is 0 Å². The van der Waals surface area contributed by atoms with Crippen molar-refractivity contribution in [1.82, 2.24) is 4.98 Å². The van der Waals surface area contributed by atoms with E-state index in [1.807, 2.05) is 24.3 Å². The van der Waals surface area contributed by atoms with Crippen LogP contribution in [0, 0.1) is 27.8 Å². The molecule has 37 heavy (non-hydrogen) atoms. The maximum atomic E-state index is 5.46. The first-order valence-electron chi connectivity index (χ1n) is 11.8. The van der Waals surface area contributed by atoms with E-state index in [-0.39, 0.29) is 54.2 Å². The Labute approximate surface area is 245 Å². The third kappa shape index (κ3) is 7.98. The molecule has 1 unspecified atom stereocenters. The summed E-state index contributed by atoms with van der Waals surface area (Å²) < 4.78 is 0. The second-order valence-electron chi connectivity index (χ2n) is 9.21. The molecule has 0 radical (unpaired) electrons. The van der Waals surface area contributed by atoms with Crippen LogP contribution in [0.4, 0.5) is 5.69 Å². The summed E-state index contributed by atoms with van der Waals surface area (Å²) in [6.07, 6.45) is 0. The minimum absolute atomic E-state index is 0. The standard InChI is InChI=1S/C31H32N2.CH4.2CH3.Hf/c1-21(2)25-17-11-18-26(22(3)4)30(25)33-31(27-16-10-9-13-23(27)5)29-20-12-19-28(32-29)24-14-7-6-8-15-24;;;;/h6-14,16-22,31H,1-5H3;1H4;2*1H3;/q-2;;2*-1;. The van der Waals surface area contributed by atoms with Gasteiger partial charge in [0.15, 0.2) is 0 Å². The van der Waals surface area contributed by atoms with Crippen LogP contribution in [0.2, 0.25) is 0 Å². The fraction of sp³-hybridized carbons (Fsp3) is 0.265. The Morgan fingerprint density at radius 3 is 1.84 bits per heavy atom. The number of para-hydroxylation sites is 1. The van der Waals surface area contributed by atoms with Crippen LogP contribution in [0.15, 0.2) is 84.9 Å². The molecular weight excluding hydrogens is 615 g/mol. The molecule has 2 nitrogen and oxygen atoms in total. The molecule has 0 fully saturated rings. The van der Waals surface area contributed by atoms with Crippen LogP contribution >= 0.6 is 0 Å². The van der Waals surface area contributed by atoms with Crippen LogP contribution < -0.4 is 0 Å². The molecule has 4 rings (SSSR count). The normalized spacial score (nSPS) is 10.9. The molecule has 1 aromatic heterocycles. The summed E-state index contributed by atoms with van der Waals surface area (Å²) in [6, 6.07) is 32.4. The van der Waals surface area contributed by atoms with Crippen molar-refractivity contribution in [2.45, 2.75) is 59.9 Å². The van der Waals surface area contributed by atoms with Crippen molar-refractivity contribution >= 4 is 5.69 Å². The Kier molecular flexibility index (Phi) is 14.6. The number of benzene rings is 3. The number of hydrogen-bond donors (Lipinski definition) is 0. The average Bonchev–Trinajstić information content (AvgIpc) is 2.83. The number of aromatic nitrogens is 1. The molecule has 0 bridgehead atoms. The van der Waals surface area contributed by atoms with Crippen molar-refractivity contribution in [2.75, 3.05) is 0 Å². The summed E-state index contributed by atoms with van der Waals surface area (Å²) in [5, 5.41) is 5.46. The van der Waals surface area contributed by atoms with Crippen molar-refractivity contribution in [3.63, 3.8) is 0 Å². The summed E-state index contributed by atoms with van der Waals surface area (Å²) in [5.74, 6) is 0.774. The van der Waals surface area contributed by atoms with Gasteiger partial charge in [-0.1, -0.05) is 106 Å². The molecular formula is C34H42HfN2-4. The van der Waals surface area contributed by atoms with Crippen LogP contribution in [0.25, 0.3) is 16.6 Å². The van der Waals surface area contributed by atoms with E-state index >= 15 is 0 Å². The maximum Gasteiger partial charge on any atom is 0.0195 e. The van der Waals surface area contributed by atoms with Gasteiger partial charge >= 0.3 is 0 Å². The summed E-state index contributed by atoms with van der Waals surface area (Å²) >= 11 is 0. The summed E-state index contributed by atoms with van der Waals surface area (Å²) in [5.41, 5.74) is 8.95. The third-order valence-electron chi connectivity index (χ3n) is 6.12. The molecule has 0 amide bonds. The van der Waals surface area contributed by atoms with Crippen LogP contribution in [-0.2, 0) is 25.8 Å². The zero-order chi connectivity index (χ0) is 23.4. The molecule has 196 valence electrons. The van der Waals surface area contributed by atoms with Crippen molar-refractivity contribution < 1.29 is 25.8 Å². The number of nitrogens with zero attached hydrogens (tertiary/aromatic N) is 2. The Morgan fingerprint density at radius 2 is 1.27 bits per heavy atom. The molecule has 1 atom stereocenters. The molecule has 0 N–H and O–H groups in total. The van der Waals surface area contributed by atoms with E-state index < -0.39 is 0 Å². The molecule has 1 heterocycles. The number of pyridine rings is 1. The fourth-order valence-corrected chi connectivity index (χ4v) is 4.28. The molecule has 3 heteroatoms. The monoisotopic (exact) mass is 658 g/mol. The zero-order valence-electron chi connectivity index (χ0n) is 22.7. The first-order valence-corrected chi connectivity index (χ1v) is 11.8. The maximum absolute atomic E-state index is 5.46. The first-order chi connectivity index (χ1) is 16.0. The van der Waals surface area contributed by atoms with Gasteiger partial charge in [0.1, 0.15) is 0 Å². The predicted molar refractivity (Wildman–Crippen MR) is 159 cm³/mol. The predicted octanol–water partition coefficient (Wildman–Crippen LogP) is 10.4.